The molecule has 0 aromatic rings. The number of likely N-dealkylation sites (tertiary alicyclic amines) is 1. The molecule has 0 spiro atoms. The van der Waals surface area contributed by atoms with Crippen LogP contribution in [0.25, 0.3) is 0 Å². The van der Waals surface area contributed by atoms with Crippen LogP contribution in [-0.4, -0.2) is 29.4 Å². The third-order valence-corrected chi connectivity index (χ3v) is 3.78. The van der Waals surface area contributed by atoms with E-state index in [0.717, 1.165) is 18.2 Å². The molecule has 1 rings (SSSR count). The summed E-state index contributed by atoms with van der Waals surface area (Å²) in [6.07, 6.45) is 5.19. The van der Waals surface area contributed by atoms with Gasteiger partial charge in [-0.05, 0) is 58.5 Å². The number of halogens is 1. The van der Waals surface area contributed by atoms with Crippen molar-refractivity contribution in [3.63, 3.8) is 0 Å². The molecule has 0 radical (unpaired) electrons. The fourth-order valence-electron chi connectivity index (χ4n) is 2.28. The zero-order valence-electron chi connectivity index (χ0n) is 9.85. The number of rotatable bonds is 5. The highest BCUT2D eigenvalue weighted by Crippen LogP contribution is 2.28. The first kappa shape index (κ1) is 12.3. The van der Waals surface area contributed by atoms with Gasteiger partial charge in [0.2, 0.25) is 0 Å². The van der Waals surface area contributed by atoms with Crippen molar-refractivity contribution in [1.82, 2.24) is 4.90 Å². The molecule has 1 aliphatic heterocycles. The Morgan fingerprint density at radius 2 is 2.07 bits per heavy atom. The maximum Gasteiger partial charge on any atom is 0.0225 e. The Hall–Kier alpha value is 0.250. The first-order valence-corrected chi connectivity index (χ1v) is 6.41. The Morgan fingerprint density at radius 1 is 1.36 bits per heavy atom. The van der Waals surface area contributed by atoms with Crippen LogP contribution in [0.5, 0.6) is 0 Å². The number of hydrogen-bond acceptors (Lipinski definition) is 1. The van der Waals surface area contributed by atoms with Crippen LogP contribution in [-0.2, 0) is 0 Å². The number of nitrogens with zero attached hydrogens (tertiary/aromatic N) is 1. The van der Waals surface area contributed by atoms with Crippen LogP contribution in [0.2, 0.25) is 0 Å². The van der Waals surface area contributed by atoms with E-state index in [-0.39, 0.29) is 0 Å². The van der Waals surface area contributed by atoms with Crippen molar-refractivity contribution in [3.8, 4) is 0 Å². The standard InChI is InChI=1S/C12H24ClN/c1-11(5-8-13)6-10-14-9-4-7-12(14,2)3/h11H,4-10H2,1-3H3. The van der Waals surface area contributed by atoms with Crippen molar-refractivity contribution < 1.29 is 0 Å². The monoisotopic (exact) mass is 217 g/mol. The van der Waals surface area contributed by atoms with Crippen LogP contribution in [0, 0.1) is 5.92 Å². The summed E-state index contributed by atoms with van der Waals surface area (Å²) in [6, 6.07) is 0. The van der Waals surface area contributed by atoms with Gasteiger partial charge in [0.15, 0.2) is 0 Å². The molecule has 1 heterocycles. The molecule has 1 fully saturated rings. The normalized spacial score (nSPS) is 24.0. The van der Waals surface area contributed by atoms with Gasteiger partial charge in [-0.1, -0.05) is 6.92 Å². The van der Waals surface area contributed by atoms with Gasteiger partial charge in [-0.15, -0.1) is 11.6 Å². The van der Waals surface area contributed by atoms with Crippen LogP contribution in [0.3, 0.4) is 0 Å². The summed E-state index contributed by atoms with van der Waals surface area (Å²) in [5, 5.41) is 0. The zero-order valence-corrected chi connectivity index (χ0v) is 10.6. The topological polar surface area (TPSA) is 3.24 Å². The molecule has 1 saturated heterocycles. The molecule has 0 aromatic heterocycles. The first-order valence-electron chi connectivity index (χ1n) is 5.87. The second kappa shape index (κ2) is 5.37. The van der Waals surface area contributed by atoms with Crippen molar-refractivity contribution in [2.24, 2.45) is 5.92 Å². The van der Waals surface area contributed by atoms with Gasteiger partial charge in [-0.3, -0.25) is 4.90 Å². The van der Waals surface area contributed by atoms with E-state index < -0.39 is 0 Å². The highest BCUT2D eigenvalue weighted by Gasteiger charge is 2.31. The molecular formula is C12H24ClN. The Morgan fingerprint density at radius 3 is 2.57 bits per heavy atom. The van der Waals surface area contributed by atoms with Gasteiger partial charge in [0.1, 0.15) is 0 Å². The van der Waals surface area contributed by atoms with Gasteiger partial charge in [0.25, 0.3) is 0 Å². The van der Waals surface area contributed by atoms with Crippen LogP contribution in [0.15, 0.2) is 0 Å². The van der Waals surface area contributed by atoms with E-state index in [2.05, 4.69) is 25.7 Å². The Bertz CT molecular complexity index is 168. The molecule has 1 atom stereocenters. The van der Waals surface area contributed by atoms with Crippen molar-refractivity contribution in [3.05, 3.63) is 0 Å². The summed E-state index contributed by atoms with van der Waals surface area (Å²) in [6.45, 7) is 9.59. The lowest BCUT2D eigenvalue weighted by Gasteiger charge is -2.32. The maximum atomic E-state index is 5.73. The molecule has 84 valence electrons. The van der Waals surface area contributed by atoms with Crippen LogP contribution in [0.1, 0.15) is 46.5 Å². The maximum absolute atomic E-state index is 5.73. The predicted octanol–water partition coefficient (Wildman–Crippen LogP) is 3.52. The summed E-state index contributed by atoms with van der Waals surface area (Å²) in [5.74, 6) is 1.59. The quantitative estimate of drug-likeness (QED) is 0.637. The number of hydrogen-bond donors (Lipinski definition) is 0. The van der Waals surface area contributed by atoms with Crippen molar-refractivity contribution in [2.45, 2.75) is 52.0 Å². The molecule has 2 heteroatoms. The molecule has 0 bridgehead atoms. The Balaban J connectivity index is 2.24. The summed E-state index contributed by atoms with van der Waals surface area (Å²) in [7, 11) is 0. The molecule has 1 unspecified atom stereocenters. The summed E-state index contributed by atoms with van der Waals surface area (Å²) in [5.41, 5.74) is 0.445. The highest BCUT2D eigenvalue weighted by molar-refractivity contribution is 6.17. The summed E-state index contributed by atoms with van der Waals surface area (Å²) < 4.78 is 0. The van der Waals surface area contributed by atoms with Gasteiger partial charge in [0.05, 0.1) is 0 Å². The van der Waals surface area contributed by atoms with Gasteiger partial charge >= 0.3 is 0 Å². The van der Waals surface area contributed by atoms with Crippen LogP contribution in [0.4, 0.5) is 0 Å². The van der Waals surface area contributed by atoms with E-state index in [4.69, 9.17) is 11.6 Å². The fourth-order valence-corrected chi connectivity index (χ4v) is 2.66. The lowest BCUT2D eigenvalue weighted by molar-refractivity contribution is 0.164. The van der Waals surface area contributed by atoms with Crippen molar-refractivity contribution >= 4 is 11.6 Å². The molecule has 0 saturated carbocycles. The zero-order chi connectivity index (χ0) is 10.6. The molecule has 1 nitrogen and oxygen atoms in total. The van der Waals surface area contributed by atoms with E-state index in [9.17, 15) is 0 Å². The van der Waals surface area contributed by atoms with E-state index >= 15 is 0 Å². The fraction of sp³-hybridized carbons (Fsp3) is 1.00. The third kappa shape index (κ3) is 3.43. The minimum absolute atomic E-state index is 0.445. The predicted molar refractivity (Wildman–Crippen MR) is 64.0 cm³/mol. The second-order valence-electron chi connectivity index (χ2n) is 5.27. The van der Waals surface area contributed by atoms with Crippen LogP contribution >= 0.6 is 11.6 Å². The highest BCUT2D eigenvalue weighted by atomic mass is 35.5. The minimum Gasteiger partial charge on any atom is -0.298 e. The SMILES string of the molecule is CC(CCCl)CCN1CCCC1(C)C. The smallest absolute Gasteiger partial charge is 0.0225 e. The van der Waals surface area contributed by atoms with Gasteiger partial charge in [-0.2, -0.15) is 0 Å². The van der Waals surface area contributed by atoms with Crippen molar-refractivity contribution in [2.75, 3.05) is 19.0 Å². The van der Waals surface area contributed by atoms with Gasteiger partial charge < -0.3 is 0 Å². The summed E-state index contributed by atoms with van der Waals surface area (Å²) >= 11 is 5.73. The average Bonchev–Trinajstić information content (AvgIpc) is 2.42. The first-order chi connectivity index (χ1) is 6.56. The largest absolute Gasteiger partial charge is 0.298 e. The Labute approximate surface area is 93.8 Å². The van der Waals surface area contributed by atoms with Crippen molar-refractivity contribution in [1.29, 1.82) is 0 Å². The van der Waals surface area contributed by atoms with Crippen LogP contribution < -0.4 is 0 Å². The van der Waals surface area contributed by atoms with E-state index in [1.807, 2.05) is 0 Å². The molecule has 0 aromatic carbocycles. The second-order valence-corrected chi connectivity index (χ2v) is 5.65. The minimum atomic E-state index is 0.445. The summed E-state index contributed by atoms with van der Waals surface area (Å²) in [4.78, 5) is 2.64. The third-order valence-electron chi connectivity index (χ3n) is 3.57. The molecular weight excluding hydrogens is 194 g/mol. The lowest BCUT2D eigenvalue weighted by Crippen LogP contribution is -2.39. The molecule has 1 aliphatic rings. The van der Waals surface area contributed by atoms with E-state index in [1.165, 1.54) is 32.4 Å². The lowest BCUT2D eigenvalue weighted by atomic mass is 10.00. The molecule has 0 N–H and O–H groups in total. The Kier molecular flexibility index (Phi) is 4.72. The van der Waals surface area contributed by atoms with Gasteiger partial charge in [0, 0.05) is 11.4 Å². The van der Waals surface area contributed by atoms with Gasteiger partial charge in [-0.25, -0.2) is 0 Å². The number of alkyl halides is 1. The molecule has 0 aliphatic carbocycles. The average molecular weight is 218 g/mol. The van der Waals surface area contributed by atoms with E-state index in [0.29, 0.717) is 5.54 Å². The van der Waals surface area contributed by atoms with E-state index in [1.54, 1.807) is 0 Å². The molecule has 14 heavy (non-hydrogen) atoms. The molecule has 0 amide bonds.